The third kappa shape index (κ3) is 2.49. The molecule has 2 aromatic carbocycles. The first kappa shape index (κ1) is 13.6. The third-order valence-corrected chi connectivity index (χ3v) is 2.74. The molecule has 0 bridgehead atoms. The molecule has 0 saturated heterocycles. The zero-order valence-corrected chi connectivity index (χ0v) is 10.7. The minimum absolute atomic E-state index is 0.0891. The summed E-state index contributed by atoms with van der Waals surface area (Å²) in [6.07, 6.45) is 0. The second kappa shape index (κ2) is 5.89. The first-order valence-corrected chi connectivity index (χ1v) is 5.79. The van der Waals surface area contributed by atoms with Gasteiger partial charge in [-0.3, -0.25) is 0 Å². The molecule has 0 N–H and O–H groups in total. The van der Waals surface area contributed by atoms with Gasteiger partial charge in [-0.15, -0.1) is 0 Å². The largest absolute Gasteiger partial charge is 0.454 e. The standard InChI is InChI=1S/C16H6N4O/c17-7-11-3-1-5-15(13(11)9-19)21-16-6-2-4-12(8-18)14(16)10-20/h1-6H. The number of hydrogen-bond acceptors (Lipinski definition) is 5. The molecule has 0 aliphatic rings. The molecule has 0 heterocycles. The summed E-state index contributed by atoms with van der Waals surface area (Å²) < 4.78 is 5.56. The minimum atomic E-state index is 0.0891. The number of rotatable bonds is 2. The highest BCUT2D eigenvalue weighted by atomic mass is 16.5. The maximum Gasteiger partial charge on any atom is 0.146 e. The maximum atomic E-state index is 9.14. The summed E-state index contributed by atoms with van der Waals surface area (Å²) in [6, 6.07) is 16.8. The van der Waals surface area contributed by atoms with E-state index in [0.717, 1.165) is 0 Å². The second-order valence-electron chi connectivity index (χ2n) is 3.91. The van der Waals surface area contributed by atoms with E-state index < -0.39 is 0 Å². The van der Waals surface area contributed by atoms with E-state index in [-0.39, 0.29) is 33.8 Å². The fraction of sp³-hybridized carbons (Fsp3) is 0. The Balaban J connectivity index is 2.56. The van der Waals surface area contributed by atoms with Gasteiger partial charge < -0.3 is 4.74 Å². The summed E-state index contributed by atoms with van der Waals surface area (Å²) in [5, 5.41) is 36.2. The lowest BCUT2D eigenvalue weighted by Gasteiger charge is -2.10. The molecule has 5 nitrogen and oxygen atoms in total. The molecule has 0 unspecified atom stereocenters. The van der Waals surface area contributed by atoms with E-state index in [9.17, 15) is 0 Å². The molecule has 2 aromatic rings. The van der Waals surface area contributed by atoms with E-state index in [0.29, 0.717) is 0 Å². The summed E-state index contributed by atoms with van der Waals surface area (Å²) in [5.74, 6) is 0.339. The van der Waals surface area contributed by atoms with Crippen LogP contribution in [0, 0.1) is 45.3 Å². The first-order valence-electron chi connectivity index (χ1n) is 5.79. The Morgan fingerprint density at radius 2 is 1.05 bits per heavy atom. The Morgan fingerprint density at radius 3 is 1.38 bits per heavy atom. The summed E-state index contributed by atoms with van der Waals surface area (Å²) in [6.45, 7) is 0. The number of nitriles is 4. The fourth-order valence-corrected chi connectivity index (χ4v) is 1.77. The van der Waals surface area contributed by atoms with Gasteiger partial charge in [0.15, 0.2) is 0 Å². The molecule has 0 amide bonds. The zero-order valence-electron chi connectivity index (χ0n) is 10.7. The molecule has 21 heavy (non-hydrogen) atoms. The Bertz CT molecular complexity index is 800. The minimum Gasteiger partial charge on any atom is -0.454 e. The molecule has 0 aromatic heterocycles. The van der Waals surface area contributed by atoms with Crippen LogP contribution in [0.2, 0.25) is 0 Å². The number of hydrogen-bond donors (Lipinski definition) is 0. The highest BCUT2D eigenvalue weighted by Crippen LogP contribution is 2.30. The third-order valence-electron chi connectivity index (χ3n) is 2.74. The Labute approximate surface area is 121 Å². The van der Waals surface area contributed by atoms with Gasteiger partial charge in [-0.2, -0.15) is 21.0 Å². The number of nitrogens with zero attached hydrogens (tertiary/aromatic N) is 4. The Kier molecular flexibility index (Phi) is 3.82. The predicted molar refractivity (Wildman–Crippen MR) is 71.8 cm³/mol. The molecule has 5 heteroatoms. The molecule has 0 radical (unpaired) electrons. The Morgan fingerprint density at radius 1 is 0.619 bits per heavy atom. The molecular formula is C16H6N4O. The van der Waals surface area contributed by atoms with Gasteiger partial charge in [-0.25, -0.2) is 0 Å². The van der Waals surface area contributed by atoms with Crippen LogP contribution < -0.4 is 4.74 Å². The van der Waals surface area contributed by atoms with Crippen molar-refractivity contribution in [1.29, 1.82) is 21.0 Å². The van der Waals surface area contributed by atoms with Gasteiger partial charge in [-0.1, -0.05) is 12.1 Å². The van der Waals surface area contributed by atoms with E-state index in [1.807, 2.05) is 24.3 Å². The van der Waals surface area contributed by atoms with Crippen LogP contribution >= 0.6 is 0 Å². The summed E-state index contributed by atoms with van der Waals surface area (Å²) >= 11 is 0. The maximum absolute atomic E-state index is 9.14. The molecule has 0 aliphatic carbocycles. The van der Waals surface area contributed by atoms with Crippen molar-refractivity contribution in [3.8, 4) is 35.8 Å². The van der Waals surface area contributed by atoms with Crippen molar-refractivity contribution in [3.05, 3.63) is 58.7 Å². The highest BCUT2D eigenvalue weighted by molar-refractivity contribution is 5.58. The van der Waals surface area contributed by atoms with Crippen LogP contribution in [0.15, 0.2) is 36.4 Å². The zero-order chi connectivity index (χ0) is 15.2. The van der Waals surface area contributed by atoms with E-state index >= 15 is 0 Å². The van der Waals surface area contributed by atoms with Gasteiger partial charge >= 0.3 is 0 Å². The van der Waals surface area contributed by atoms with Gasteiger partial charge in [0.25, 0.3) is 0 Å². The van der Waals surface area contributed by atoms with Crippen molar-refractivity contribution in [3.63, 3.8) is 0 Å². The average molecular weight is 270 g/mol. The molecule has 96 valence electrons. The molecule has 0 spiro atoms. The molecular weight excluding hydrogens is 264 g/mol. The van der Waals surface area contributed by atoms with Crippen LogP contribution in [0.3, 0.4) is 0 Å². The van der Waals surface area contributed by atoms with Gasteiger partial charge in [0.2, 0.25) is 0 Å². The van der Waals surface area contributed by atoms with E-state index in [4.69, 9.17) is 25.8 Å². The molecule has 0 fully saturated rings. The van der Waals surface area contributed by atoms with Crippen LogP contribution in [0.5, 0.6) is 11.5 Å². The quantitative estimate of drug-likeness (QED) is 0.834. The summed E-state index contributed by atoms with van der Waals surface area (Å²) in [4.78, 5) is 0. The van der Waals surface area contributed by atoms with Crippen LogP contribution in [-0.4, -0.2) is 0 Å². The van der Waals surface area contributed by atoms with Crippen LogP contribution in [0.25, 0.3) is 0 Å². The SMILES string of the molecule is N#Cc1cccc(Oc2cccc(C#N)c2C#N)c1C#N. The summed E-state index contributed by atoms with van der Waals surface area (Å²) in [5.41, 5.74) is 0.549. The van der Waals surface area contributed by atoms with Crippen molar-refractivity contribution < 1.29 is 4.74 Å². The van der Waals surface area contributed by atoms with Gasteiger partial charge in [0, 0.05) is 0 Å². The lowest BCUT2D eigenvalue weighted by Crippen LogP contribution is -1.95. The molecule has 0 aliphatic heterocycles. The molecule has 0 atom stereocenters. The smallest absolute Gasteiger partial charge is 0.146 e. The second-order valence-corrected chi connectivity index (χ2v) is 3.91. The van der Waals surface area contributed by atoms with Gasteiger partial charge in [0.1, 0.15) is 46.9 Å². The van der Waals surface area contributed by atoms with Crippen LogP contribution in [0.1, 0.15) is 22.3 Å². The number of benzene rings is 2. The first-order chi connectivity index (χ1) is 10.2. The van der Waals surface area contributed by atoms with Crippen LogP contribution in [0.4, 0.5) is 0 Å². The van der Waals surface area contributed by atoms with Crippen molar-refractivity contribution in [2.75, 3.05) is 0 Å². The van der Waals surface area contributed by atoms with Crippen molar-refractivity contribution in [2.45, 2.75) is 0 Å². The lowest BCUT2D eigenvalue weighted by molar-refractivity contribution is 0.479. The normalized spacial score (nSPS) is 8.76. The highest BCUT2D eigenvalue weighted by Gasteiger charge is 2.14. The van der Waals surface area contributed by atoms with E-state index in [1.165, 1.54) is 24.3 Å². The molecule has 2 rings (SSSR count). The van der Waals surface area contributed by atoms with Gasteiger partial charge in [0.05, 0.1) is 11.1 Å². The van der Waals surface area contributed by atoms with Crippen LogP contribution in [-0.2, 0) is 0 Å². The monoisotopic (exact) mass is 270 g/mol. The van der Waals surface area contributed by atoms with Crippen molar-refractivity contribution in [1.82, 2.24) is 0 Å². The topological polar surface area (TPSA) is 104 Å². The summed E-state index contributed by atoms with van der Waals surface area (Å²) in [7, 11) is 0. The molecule has 0 saturated carbocycles. The lowest BCUT2D eigenvalue weighted by atomic mass is 10.1. The average Bonchev–Trinajstić information content (AvgIpc) is 2.54. The van der Waals surface area contributed by atoms with Crippen molar-refractivity contribution >= 4 is 0 Å². The predicted octanol–water partition coefficient (Wildman–Crippen LogP) is 2.97. The van der Waals surface area contributed by atoms with Crippen molar-refractivity contribution in [2.24, 2.45) is 0 Å². The Hall–Kier alpha value is -3.80. The number of ether oxygens (including phenoxy) is 1. The van der Waals surface area contributed by atoms with Gasteiger partial charge in [-0.05, 0) is 24.3 Å². The van der Waals surface area contributed by atoms with E-state index in [1.54, 1.807) is 12.1 Å². The fourth-order valence-electron chi connectivity index (χ4n) is 1.77. The van der Waals surface area contributed by atoms with E-state index in [2.05, 4.69) is 0 Å².